The number of sulfonamides is 1. The number of carbonyl (C=O) groups is 2. The summed E-state index contributed by atoms with van der Waals surface area (Å²) in [4.78, 5) is 23.8. The molecule has 0 fully saturated rings. The minimum Gasteiger partial charge on any atom is -0.464 e. The molecule has 196 valence electrons. The molecule has 0 aromatic heterocycles. The van der Waals surface area contributed by atoms with E-state index in [0.29, 0.717) is 29.2 Å². The molecule has 2 rings (SSSR count). The van der Waals surface area contributed by atoms with Crippen molar-refractivity contribution in [3.63, 3.8) is 0 Å². The number of nitrogens with zero attached hydrogens (tertiary/aromatic N) is 1. The average Bonchev–Trinajstić information content (AvgIpc) is 2.83. The zero-order valence-electron chi connectivity index (χ0n) is 19.5. The van der Waals surface area contributed by atoms with E-state index in [1.165, 1.54) is 12.1 Å². The Morgan fingerprint density at radius 3 is 2.17 bits per heavy atom. The van der Waals surface area contributed by atoms with Crippen molar-refractivity contribution in [1.29, 1.82) is 0 Å². The van der Waals surface area contributed by atoms with Gasteiger partial charge in [-0.05, 0) is 55.5 Å². The molecule has 0 aliphatic heterocycles. The van der Waals surface area contributed by atoms with Gasteiger partial charge in [0.05, 0.1) is 23.7 Å². The SMILES string of the molecule is C=CC(=O)OCCCCCOC(=O)C(c1ccc(C(F)(F)F)cc1)N(N)S(=O)(=O)c1ccccc1C. The van der Waals surface area contributed by atoms with Crippen LogP contribution in [-0.2, 0) is 35.3 Å². The molecule has 0 heterocycles. The predicted octanol–water partition coefficient (Wildman–Crippen LogP) is 4.06. The van der Waals surface area contributed by atoms with Gasteiger partial charge in [0, 0.05) is 6.08 Å². The molecule has 8 nitrogen and oxygen atoms in total. The van der Waals surface area contributed by atoms with Crippen molar-refractivity contribution < 1.29 is 40.7 Å². The van der Waals surface area contributed by atoms with Crippen LogP contribution >= 0.6 is 0 Å². The van der Waals surface area contributed by atoms with E-state index in [0.717, 1.165) is 30.3 Å². The number of aryl methyl sites for hydroxylation is 1. The fraction of sp³-hybridized carbons (Fsp3) is 0.333. The van der Waals surface area contributed by atoms with Crippen LogP contribution in [0.3, 0.4) is 0 Å². The molecular formula is C24H27F3N2O6S. The Morgan fingerprint density at radius 2 is 1.61 bits per heavy atom. The summed E-state index contributed by atoms with van der Waals surface area (Å²) in [5, 5.41) is 0. The van der Waals surface area contributed by atoms with E-state index in [2.05, 4.69) is 6.58 Å². The number of ether oxygens (including phenoxy) is 2. The van der Waals surface area contributed by atoms with Crippen LogP contribution in [0, 0.1) is 6.92 Å². The lowest BCUT2D eigenvalue weighted by Gasteiger charge is -2.26. The van der Waals surface area contributed by atoms with Crippen LogP contribution in [-0.4, -0.2) is 38.0 Å². The maximum Gasteiger partial charge on any atom is 0.416 e. The number of hydrogen-bond donors (Lipinski definition) is 1. The molecule has 0 aliphatic rings. The smallest absolute Gasteiger partial charge is 0.416 e. The van der Waals surface area contributed by atoms with E-state index in [1.54, 1.807) is 19.1 Å². The highest BCUT2D eigenvalue weighted by molar-refractivity contribution is 7.89. The Balaban J connectivity index is 2.21. The van der Waals surface area contributed by atoms with Crippen LogP contribution < -0.4 is 5.84 Å². The summed E-state index contributed by atoms with van der Waals surface area (Å²) in [6.45, 7) is 4.86. The van der Waals surface area contributed by atoms with Crippen molar-refractivity contribution in [3.05, 3.63) is 77.9 Å². The summed E-state index contributed by atoms with van der Waals surface area (Å²) in [6, 6.07) is 7.64. The first kappa shape index (κ1) is 29.0. The molecule has 2 N–H and O–H groups in total. The van der Waals surface area contributed by atoms with E-state index in [9.17, 15) is 31.2 Å². The van der Waals surface area contributed by atoms with E-state index in [1.807, 2.05) is 0 Å². The van der Waals surface area contributed by atoms with Crippen LogP contribution in [0.15, 0.2) is 66.1 Å². The monoisotopic (exact) mass is 528 g/mol. The Labute approximate surface area is 207 Å². The summed E-state index contributed by atoms with van der Waals surface area (Å²) in [5.74, 6) is 4.33. The Bertz CT molecular complexity index is 1170. The van der Waals surface area contributed by atoms with Gasteiger partial charge in [-0.3, -0.25) is 5.84 Å². The summed E-state index contributed by atoms with van der Waals surface area (Å²) < 4.78 is 75.7. The highest BCUT2D eigenvalue weighted by Gasteiger charge is 2.38. The van der Waals surface area contributed by atoms with Gasteiger partial charge >= 0.3 is 18.1 Å². The first-order chi connectivity index (χ1) is 16.9. The first-order valence-electron chi connectivity index (χ1n) is 10.9. The third-order valence-electron chi connectivity index (χ3n) is 5.12. The second kappa shape index (κ2) is 12.7. The fourth-order valence-electron chi connectivity index (χ4n) is 3.20. The topological polar surface area (TPSA) is 116 Å². The van der Waals surface area contributed by atoms with Crippen molar-refractivity contribution in [1.82, 2.24) is 4.41 Å². The molecule has 0 saturated heterocycles. The van der Waals surface area contributed by atoms with Gasteiger partial charge in [0.1, 0.15) is 0 Å². The summed E-state index contributed by atoms with van der Waals surface area (Å²) in [5.41, 5.74) is -0.700. The van der Waals surface area contributed by atoms with E-state index < -0.39 is 39.7 Å². The Kier molecular flexibility index (Phi) is 10.2. The molecule has 1 unspecified atom stereocenters. The molecule has 1 atom stereocenters. The quantitative estimate of drug-likeness (QED) is 0.145. The van der Waals surface area contributed by atoms with Gasteiger partial charge in [-0.2, -0.15) is 13.2 Å². The fourth-order valence-corrected chi connectivity index (χ4v) is 4.64. The van der Waals surface area contributed by atoms with Gasteiger partial charge in [0.2, 0.25) is 0 Å². The van der Waals surface area contributed by atoms with Crippen molar-refractivity contribution in [3.8, 4) is 0 Å². The third-order valence-corrected chi connectivity index (χ3v) is 6.90. The second-order valence-electron chi connectivity index (χ2n) is 7.72. The molecule has 2 aromatic carbocycles. The lowest BCUT2D eigenvalue weighted by molar-refractivity contribution is -0.148. The van der Waals surface area contributed by atoms with Gasteiger partial charge < -0.3 is 9.47 Å². The number of unbranched alkanes of at least 4 members (excludes halogenated alkanes) is 2. The van der Waals surface area contributed by atoms with Gasteiger partial charge in [-0.15, -0.1) is 4.41 Å². The molecule has 0 radical (unpaired) electrons. The van der Waals surface area contributed by atoms with Gasteiger partial charge in [0.25, 0.3) is 10.0 Å². The van der Waals surface area contributed by atoms with Crippen molar-refractivity contribution in [2.45, 2.75) is 43.3 Å². The first-order valence-corrected chi connectivity index (χ1v) is 12.3. The lowest BCUT2D eigenvalue weighted by atomic mass is 10.1. The Morgan fingerprint density at radius 1 is 1.03 bits per heavy atom. The average molecular weight is 529 g/mol. The number of carbonyl (C=O) groups excluding carboxylic acids is 2. The van der Waals surface area contributed by atoms with Gasteiger partial charge in [0.15, 0.2) is 6.04 Å². The van der Waals surface area contributed by atoms with Crippen LogP contribution in [0.5, 0.6) is 0 Å². The largest absolute Gasteiger partial charge is 0.464 e. The summed E-state index contributed by atoms with van der Waals surface area (Å²) in [7, 11) is -4.42. The molecule has 0 aliphatic carbocycles. The lowest BCUT2D eigenvalue weighted by Crippen LogP contribution is -2.44. The summed E-state index contributed by atoms with van der Waals surface area (Å²) in [6.07, 6.45) is -2.20. The Hall–Kier alpha value is -3.22. The van der Waals surface area contributed by atoms with Crippen molar-refractivity contribution in [2.75, 3.05) is 13.2 Å². The number of hydrazine groups is 1. The second-order valence-corrected chi connectivity index (χ2v) is 9.53. The predicted molar refractivity (Wildman–Crippen MR) is 125 cm³/mol. The number of nitrogens with two attached hydrogens (primary N) is 1. The number of halogens is 3. The zero-order chi connectivity index (χ0) is 26.9. The van der Waals surface area contributed by atoms with E-state index in [4.69, 9.17) is 15.3 Å². The normalized spacial score (nSPS) is 12.7. The maximum absolute atomic E-state index is 13.2. The molecule has 0 saturated carbocycles. The molecule has 2 aromatic rings. The van der Waals surface area contributed by atoms with Gasteiger partial charge in [-0.1, -0.05) is 36.9 Å². The minimum atomic E-state index is -4.62. The van der Waals surface area contributed by atoms with Crippen LogP contribution in [0.4, 0.5) is 13.2 Å². The van der Waals surface area contributed by atoms with Crippen molar-refractivity contribution >= 4 is 22.0 Å². The number of hydrogen-bond acceptors (Lipinski definition) is 7. The van der Waals surface area contributed by atoms with E-state index >= 15 is 0 Å². The summed E-state index contributed by atoms with van der Waals surface area (Å²) >= 11 is 0. The van der Waals surface area contributed by atoms with Crippen LogP contribution in [0.2, 0.25) is 0 Å². The standard InChI is InChI=1S/C24H27F3N2O6S/c1-3-21(30)34-15-7-4-8-16-35-23(31)22(18-11-13-19(14-12-18)24(25,26)27)29(28)36(32,33)20-10-6-5-9-17(20)2/h3,5-6,9-14,22H,1,4,7-8,15-16,28H2,2H3. The molecule has 0 amide bonds. The minimum absolute atomic E-state index is 0.0935. The molecule has 12 heteroatoms. The molecule has 0 bridgehead atoms. The van der Waals surface area contributed by atoms with Gasteiger partial charge in [-0.25, -0.2) is 18.0 Å². The van der Waals surface area contributed by atoms with Crippen LogP contribution in [0.25, 0.3) is 0 Å². The highest BCUT2D eigenvalue weighted by atomic mass is 32.2. The van der Waals surface area contributed by atoms with E-state index in [-0.39, 0.29) is 23.7 Å². The number of alkyl halides is 3. The maximum atomic E-state index is 13.2. The number of rotatable bonds is 12. The molecule has 0 spiro atoms. The number of benzene rings is 2. The molecule has 36 heavy (non-hydrogen) atoms. The molecular weight excluding hydrogens is 501 g/mol. The zero-order valence-corrected chi connectivity index (χ0v) is 20.3. The number of esters is 2. The highest BCUT2D eigenvalue weighted by Crippen LogP contribution is 2.32. The third kappa shape index (κ3) is 7.64. The van der Waals surface area contributed by atoms with Crippen molar-refractivity contribution in [2.24, 2.45) is 5.84 Å². The van der Waals surface area contributed by atoms with Crippen LogP contribution in [0.1, 0.15) is 42.0 Å².